The third-order valence-electron chi connectivity index (χ3n) is 3.29. The molecule has 1 aromatic heterocycles. The summed E-state index contributed by atoms with van der Waals surface area (Å²) in [7, 11) is -3.39. The van der Waals surface area contributed by atoms with Gasteiger partial charge in [-0.2, -0.15) is 4.31 Å². The monoisotopic (exact) mass is 351 g/mol. The van der Waals surface area contributed by atoms with Gasteiger partial charge >= 0.3 is 0 Å². The molecule has 0 spiro atoms. The molecule has 0 bridgehead atoms. The average molecular weight is 352 g/mol. The fourth-order valence-electron chi connectivity index (χ4n) is 1.84. The molecule has 0 fully saturated rings. The van der Waals surface area contributed by atoms with Gasteiger partial charge in [-0.05, 0) is 41.7 Å². The first kappa shape index (κ1) is 18.9. The first-order chi connectivity index (χ1) is 9.77. The number of sulfonamides is 1. The number of hydrogen-bond donors (Lipinski definition) is 0. The molecule has 0 aliphatic heterocycles. The summed E-state index contributed by atoms with van der Waals surface area (Å²) < 4.78 is 27.6. The Balaban J connectivity index is 2.92. The van der Waals surface area contributed by atoms with Crippen molar-refractivity contribution in [1.29, 1.82) is 0 Å². The first-order valence-electron chi connectivity index (χ1n) is 7.41. The molecular formula is C15H26ClNO2S2. The normalized spacial score (nSPS) is 12.8. The number of alkyl halides is 1. The van der Waals surface area contributed by atoms with E-state index in [2.05, 4.69) is 27.7 Å². The van der Waals surface area contributed by atoms with Crippen molar-refractivity contribution in [1.82, 2.24) is 4.31 Å². The van der Waals surface area contributed by atoms with E-state index in [1.165, 1.54) is 11.3 Å². The van der Waals surface area contributed by atoms with E-state index in [-0.39, 0.29) is 0 Å². The lowest BCUT2D eigenvalue weighted by Gasteiger charge is -2.23. The van der Waals surface area contributed by atoms with Gasteiger partial charge in [0.25, 0.3) is 10.0 Å². The summed E-state index contributed by atoms with van der Waals surface area (Å²) in [5.41, 5.74) is 0.868. The molecule has 0 radical (unpaired) electrons. The topological polar surface area (TPSA) is 37.4 Å². The van der Waals surface area contributed by atoms with E-state index in [0.29, 0.717) is 35.0 Å². The maximum atomic E-state index is 12.8. The molecule has 3 nitrogen and oxygen atoms in total. The quantitative estimate of drug-likeness (QED) is 0.611. The molecule has 0 aromatic carbocycles. The van der Waals surface area contributed by atoms with Crippen LogP contribution in [0.25, 0.3) is 0 Å². The number of rotatable bonds is 9. The van der Waals surface area contributed by atoms with E-state index >= 15 is 0 Å². The Labute approximate surface area is 138 Å². The molecule has 21 heavy (non-hydrogen) atoms. The van der Waals surface area contributed by atoms with Gasteiger partial charge in [0, 0.05) is 19.0 Å². The Kier molecular flexibility index (Phi) is 7.68. The van der Waals surface area contributed by atoms with Crippen LogP contribution in [0.5, 0.6) is 0 Å². The van der Waals surface area contributed by atoms with Crippen molar-refractivity contribution >= 4 is 33.0 Å². The molecule has 0 unspecified atom stereocenters. The molecule has 0 saturated heterocycles. The van der Waals surface area contributed by atoms with Gasteiger partial charge in [0.2, 0.25) is 0 Å². The second-order valence-corrected chi connectivity index (χ2v) is 9.52. The minimum Gasteiger partial charge on any atom is -0.206 e. The van der Waals surface area contributed by atoms with Gasteiger partial charge in [-0.15, -0.1) is 22.9 Å². The summed E-state index contributed by atoms with van der Waals surface area (Å²) >= 11 is 7.04. The molecule has 0 atom stereocenters. The van der Waals surface area contributed by atoms with Crippen molar-refractivity contribution in [2.45, 2.75) is 50.6 Å². The van der Waals surface area contributed by atoms with Gasteiger partial charge in [-0.25, -0.2) is 8.42 Å². The van der Waals surface area contributed by atoms with Crippen LogP contribution in [0.15, 0.2) is 15.7 Å². The predicted molar refractivity (Wildman–Crippen MR) is 91.5 cm³/mol. The zero-order chi connectivity index (χ0) is 16.0. The van der Waals surface area contributed by atoms with E-state index in [0.717, 1.165) is 18.4 Å². The van der Waals surface area contributed by atoms with Crippen LogP contribution in [-0.2, 0) is 15.9 Å². The molecule has 0 aliphatic rings. The van der Waals surface area contributed by atoms with Crippen LogP contribution < -0.4 is 0 Å². The highest BCUT2D eigenvalue weighted by molar-refractivity contribution is 7.91. The summed E-state index contributed by atoms with van der Waals surface area (Å²) in [6.45, 7) is 9.63. The van der Waals surface area contributed by atoms with Gasteiger partial charge in [0.15, 0.2) is 0 Å². The molecule has 0 saturated carbocycles. The molecule has 1 heterocycles. The second kappa shape index (κ2) is 8.51. The Morgan fingerprint density at radius 3 is 2.05 bits per heavy atom. The zero-order valence-corrected chi connectivity index (χ0v) is 15.7. The smallest absolute Gasteiger partial charge is 0.206 e. The number of hydrogen-bond acceptors (Lipinski definition) is 3. The van der Waals surface area contributed by atoms with E-state index in [1.807, 2.05) is 5.38 Å². The lowest BCUT2D eigenvalue weighted by Crippen LogP contribution is -2.33. The van der Waals surface area contributed by atoms with Gasteiger partial charge in [0.05, 0.1) is 0 Å². The maximum absolute atomic E-state index is 12.8. The van der Waals surface area contributed by atoms with Crippen LogP contribution in [0.3, 0.4) is 0 Å². The fraction of sp³-hybridized carbons (Fsp3) is 0.733. The van der Waals surface area contributed by atoms with Crippen molar-refractivity contribution in [3.63, 3.8) is 0 Å². The lowest BCUT2D eigenvalue weighted by atomic mass is 10.1. The Bertz CT molecular complexity index is 512. The van der Waals surface area contributed by atoms with Gasteiger partial charge in [0.1, 0.15) is 4.21 Å². The number of nitrogens with zero attached hydrogens (tertiary/aromatic N) is 1. The van der Waals surface area contributed by atoms with Crippen molar-refractivity contribution in [3.05, 3.63) is 17.0 Å². The largest absolute Gasteiger partial charge is 0.252 e. The zero-order valence-electron chi connectivity index (χ0n) is 13.3. The molecule has 1 rings (SSSR count). The highest BCUT2D eigenvalue weighted by atomic mass is 35.5. The number of thiophene rings is 1. The van der Waals surface area contributed by atoms with Crippen molar-refractivity contribution in [3.8, 4) is 0 Å². The standard InChI is InChI=1S/C15H26ClNO2S2/c1-12(2)5-7-17(8-6-13(3)4)21(18,19)15-9-14(10-16)11-20-15/h9,11-13H,5-8,10H2,1-4H3. The van der Waals surface area contributed by atoms with Crippen LogP contribution in [0, 0.1) is 11.8 Å². The van der Waals surface area contributed by atoms with Gasteiger partial charge in [-0.1, -0.05) is 27.7 Å². The third kappa shape index (κ3) is 5.89. The van der Waals surface area contributed by atoms with Crippen molar-refractivity contribution in [2.75, 3.05) is 13.1 Å². The van der Waals surface area contributed by atoms with Gasteiger partial charge < -0.3 is 0 Å². The second-order valence-electron chi connectivity index (χ2n) is 6.18. The highest BCUT2D eigenvalue weighted by Crippen LogP contribution is 2.26. The van der Waals surface area contributed by atoms with E-state index in [1.54, 1.807) is 10.4 Å². The fourth-order valence-corrected chi connectivity index (χ4v) is 4.92. The maximum Gasteiger partial charge on any atom is 0.252 e. The Morgan fingerprint density at radius 2 is 1.67 bits per heavy atom. The van der Waals surface area contributed by atoms with E-state index in [4.69, 9.17) is 11.6 Å². The Morgan fingerprint density at radius 1 is 1.14 bits per heavy atom. The van der Waals surface area contributed by atoms with Crippen LogP contribution >= 0.6 is 22.9 Å². The summed E-state index contributed by atoms with van der Waals surface area (Å²) in [5.74, 6) is 1.33. The summed E-state index contributed by atoms with van der Waals surface area (Å²) in [5, 5.41) is 1.82. The van der Waals surface area contributed by atoms with Crippen LogP contribution in [-0.4, -0.2) is 25.8 Å². The SMILES string of the molecule is CC(C)CCN(CCC(C)C)S(=O)(=O)c1cc(CCl)cs1. The molecule has 0 amide bonds. The number of halogens is 1. The Hall–Kier alpha value is -0.100. The summed E-state index contributed by atoms with van der Waals surface area (Å²) in [4.78, 5) is 0. The molecule has 1 aromatic rings. The molecule has 122 valence electrons. The molecule has 0 N–H and O–H groups in total. The van der Waals surface area contributed by atoms with Crippen LogP contribution in [0.4, 0.5) is 0 Å². The van der Waals surface area contributed by atoms with Crippen molar-refractivity contribution in [2.24, 2.45) is 11.8 Å². The lowest BCUT2D eigenvalue weighted by molar-refractivity contribution is 0.358. The van der Waals surface area contributed by atoms with Crippen molar-refractivity contribution < 1.29 is 8.42 Å². The van der Waals surface area contributed by atoms with Crippen LogP contribution in [0.2, 0.25) is 0 Å². The van der Waals surface area contributed by atoms with E-state index in [9.17, 15) is 8.42 Å². The van der Waals surface area contributed by atoms with Gasteiger partial charge in [-0.3, -0.25) is 0 Å². The molecule has 6 heteroatoms. The molecular weight excluding hydrogens is 326 g/mol. The minimum absolute atomic E-state index is 0.351. The minimum atomic E-state index is -3.39. The summed E-state index contributed by atoms with van der Waals surface area (Å²) in [6, 6.07) is 1.70. The first-order valence-corrected chi connectivity index (χ1v) is 10.3. The van der Waals surface area contributed by atoms with Crippen LogP contribution in [0.1, 0.15) is 46.1 Å². The predicted octanol–water partition coefficient (Wildman–Crippen LogP) is 4.57. The molecule has 0 aliphatic carbocycles. The highest BCUT2D eigenvalue weighted by Gasteiger charge is 2.26. The average Bonchev–Trinajstić information content (AvgIpc) is 2.87. The van der Waals surface area contributed by atoms with E-state index < -0.39 is 10.0 Å². The summed E-state index contributed by atoms with van der Waals surface area (Å²) in [6.07, 6.45) is 1.76. The third-order valence-corrected chi connectivity index (χ3v) is 6.96.